The Hall–Kier alpha value is -6.85. The molecule has 5 aromatic carbocycles. The first-order valence-corrected chi connectivity index (χ1v) is 16.7. The Morgan fingerprint density at radius 3 is 1.80 bits per heavy atom. The van der Waals surface area contributed by atoms with Gasteiger partial charge in [0.2, 0.25) is 0 Å². The van der Waals surface area contributed by atoms with E-state index in [4.69, 9.17) is 15.0 Å². The van der Waals surface area contributed by atoms with Crippen molar-refractivity contribution < 1.29 is 0 Å². The van der Waals surface area contributed by atoms with Gasteiger partial charge in [0, 0.05) is 40.3 Å². The molecule has 0 spiro atoms. The van der Waals surface area contributed by atoms with Gasteiger partial charge in [0.25, 0.3) is 0 Å². The number of pyridine rings is 5. The van der Waals surface area contributed by atoms with Gasteiger partial charge < -0.3 is 0 Å². The molecule has 0 aliphatic heterocycles. The fourth-order valence-electron chi connectivity index (χ4n) is 7.19. The fraction of sp³-hybridized carbons (Fsp3) is 0. The Labute approximate surface area is 287 Å². The van der Waals surface area contributed by atoms with Gasteiger partial charge in [0.15, 0.2) is 0 Å². The van der Waals surface area contributed by atoms with Crippen LogP contribution in [-0.2, 0) is 0 Å². The second-order valence-electron chi connectivity index (χ2n) is 12.5. The molecule has 0 saturated heterocycles. The zero-order valence-corrected chi connectivity index (χ0v) is 26.8. The number of nitrogens with zero attached hydrogens (tertiary/aromatic N) is 5. The highest BCUT2D eigenvalue weighted by atomic mass is 14.8. The van der Waals surface area contributed by atoms with Crippen LogP contribution in [0.3, 0.4) is 0 Å². The van der Waals surface area contributed by atoms with Crippen molar-refractivity contribution in [1.29, 1.82) is 0 Å². The maximum absolute atomic E-state index is 5.12. The summed E-state index contributed by atoms with van der Waals surface area (Å²) in [6, 6.07) is 50.9. The summed E-state index contributed by atoms with van der Waals surface area (Å²) in [5.74, 6) is 0. The Bertz CT molecular complexity index is 2860. The van der Waals surface area contributed by atoms with Crippen LogP contribution in [0.2, 0.25) is 0 Å². The molecule has 5 heteroatoms. The summed E-state index contributed by atoms with van der Waals surface area (Å²) in [6.07, 6.45) is 5.45. The van der Waals surface area contributed by atoms with E-state index in [9.17, 15) is 0 Å². The van der Waals surface area contributed by atoms with E-state index < -0.39 is 0 Å². The van der Waals surface area contributed by atoms with Gasteiger partial charge in [-0.2, -0.15) is 0 Å². The van der Waals surface area contributed by atoms with Gasteiger partial charge in [0.1, 0.15) is 0 Å². The van der Waals surface area contributed by atoms with Crippen molar-refractivity contribution in [2.45, 2.75) is 0 Å². The molecule has 0 bridgehead atoms. The van der Waals surface area contributed by atoms with Crippen molar-refractivity contribution in [3.63, 3.8) is 0 Å². The standard InChI is InChI=1S/C45H27N5/c1-2-10-38-35(9-1)43(36-20-17-29-8-7-23-48-44(29)45(36)50-38)32-16-14-28-13-15-31-24-30(18-19-34(31)37(28)25-32)33-26-41(39-11-3-5-21-46-39)49-42(27-33)40-12-4-6-22-47-40/h1-27H. The summed E-state index contributed by atoms with van der Waals surface area (Å²) < 4.78 is 0. The molecule has 5 nitrogen and oxygen atoms in total. The Balaban J connectivity index is 1.16. The van der Waals surface area contributed by atoms with Crippen LogP contribution in [0.1, 0.15) is 0 Å². The number of para-hydroxylation sites is 1. The predicted molar refractivity (Wildman–Crippen MR) is 205 cm³/mol. The third-order valence-electron chi connectivity index (χ3n) is 9.56. The van der Waals surface area contributed by atoms with E-state index in [1.165, 1.54) is 27.1 Å². The number of fused-ring (bicyclic) bond motifs is 7. The Morgan fingerprint density at radius 1 is 0.320 bits per heavy atom. The maximum Gasteiger partial charge on any atom is 0.0978 e. The van der Waals surface area contributed by atoms with Crippen LogP contribution < -0.4 is 0 Å². The lowest BCUT2D eigenvalue weighted by atomic mass is 9.91. The first-order chi connectivity index (χ1) is 24.8. The zero-order valence-electron chi connectivity index (χ0n) is 26.8. The topological polar surface area (TPSA) is 64.5 Å². The summed E-state index contributed by atoms with van der Waals surface area (Å²) in [7, 11) is 0. The van der Waals surface area contributed by atoms with Gasteiger partial charge in [-0.15, -0.1) is 0 Å². The highest BCUT2D eigenvalue weighted by Gasteiger charge is 2.16. The van der Waals surface area contributed by atoms with Crippen molar-refractivity contribution in [1.82, 2.24) is 24.9 Å². The van der Waals surface area contributed by atoms with E-state index in [1.807, 2.05) is 48.7 Å². The van der Waals surface area contributed by atoms with Crippen LogP contribution in [0.5, 0.6) is 0 Å². The van der Waals surface area contributed by atoms with Crippen molar-refractivity contribution in [3.8, 4) is 45.0 Å². The van der Waals surface area contributed by atoms with Crippen molar-refractivity contribution in [2.75, 3.05) is 0 Å². The zero-order chi connectivity index (χ0) is 33.0. The second-order valence-corrected chi connectivity index (χ2v) is 12.5. The van der Waals surface area contributed by atoms with Crippen molar-refractivity contribution in [2.24, 2.45) is 0 Å². The first kappa shape index (κ1) is 28.2. The fourth-order valence-corrected chi connectivity index (χ4v) is 7.19. The van der Waals surface area contributed by atoms with Crippen molar-refractivity contribution >= 4 is 54.3 Å². The average Bonchev–Trinajstić information content (AvgIpc) is 3.20. The molecule has 0 atom stereocenters. The van der Waals surface area contributed by atoms with Gasteiger partial charge in [-0.05, 0) is 98.9 Å². The summed E-state index contributed by atoms with van der Waals surface area (Å²) in [5, 5.41) is 8.08. The van der Waals surface area contributed by atoms with Crippen LogP contribution >= 0.6 is 0 Å². The van der Waals surface area contributed by atoms with Gasteiger partial charge in [0.05, 0.1) is 39.3 Å². The normalized spacial score (nSPS) is 11.6. The quantitative estimate of drug-likeness (QED) is 0.142. The molecule has 0 radical (unpaired) electrons. The molecule has 0 aliphatic carbocycles. The molecule has 0 aliphatic rings. The summed E-state index contributed by atoms with van der Waals surface area (Å²) in [6.45, 7) is 0. The monoisotopic (exact) mass is 637 g/mol. The molecular formula is C45H27N5. The summed E-state index contributed by atoms with van der Waals surface area (Å²) in [5.41, 5.74) is 10.6. The summed E-state index contributed by atoms with van der Waals surface area (Å²) in [4.78, 5) is 24.0. The minimum Gasteiger partial charge on any atom is -0.255 e. The van der Waals surface area contributed by atoms with E-state index in [2.05, 4.69) is 113 Å². The molecule has 10 rings (SSSR count). The van der Waals surface area contributed by atoms with E-state index in [-0.39, 0.29) is 0 Å². The first-order valence-electron chi connectivity index (χ1n) is 16.7. The van der Waals surface area contributed by atoms with E-state index in [0.29, 0.717) is 0 Å². The molecule has 10 aromatic rings. The lowest BCUT2D eigenvalue weighted by Gasteiger charge is -2.14. The molecular weight excluding hydrogens is 611 g/mol. The van der Waals surface area contributed by atoms with E-state index in [0.717, 1.165) is 72.2 Å². The number of hydrogen-bond acceptors (Lipinski definition) is 5. The molecule has 0 saturated carbocycles. The van der Waals surface area contributed by atoms with E-state index in [1.54, 1.807) is 12.4 Å². The molecule has 232 valence electrons. The molecule has 0 unspecified atom stereocenters. The minimum absolute atomic E-state index is 0.812. The smallest absolute Gasteiger partial charge is 0.0978 e. The third kappa shape index (κ3) is 4.67. The predicted octanol–water partition coefficient (Wildman–Crippen LogP) is 11.1. The highest BCUT2D eigenvalue weighted by Crippen LogP contribution is 2.40. The number of rotatable bonds is 4. The van der Waals surface area contributed by atoms with Crippen LogP contribution in [-0.4, -0.2) is 24.9 Å². The van der Waals surface area contributed by atoms with Crippen LogP contribution in [0.15, 0.2) is 164 Å². The van der Waals surface area contributed by atoms with Crippen LogP contribution in [0.4, 0.5) is 0 Å². The molecule has 5 heterocycles. The molecule has 0 amide bonds. The van der Waals surface area contributed by atoms with Crippen LogP contribution in [0, 0.1) is 0 Å². The molecule has 50 heavy (non-hydrogen) atoms. The van der Waals surface area contributed by atoms with Gasteiger partial charge in [-0.25, -0.2) is 9.97 Å². The number of hydrogen-bond donors (Lipinski definition) is 0. The maximum atomic E-state index is 5.12. The van der Waals surface area contributed by atoms with Gasteiger partial charge in [-0.1, -0.05) is 84.9 Å². The number of benzene rings is 5. The Morgan fingerprint density at radius 2 is 1.00 bits per heavy atom. The number of aromatic nitrogens is 5. The summed E-state index contributed by atoms with van der Waals surface area (Å²) >= 11 is 0. The third-order valence-corrected chi connectivity index (χ3v) is 9.56. The van der Waals surface area contributed by atoms with Crippen molar-refractivity contribution in [3.05, 3.63) is 164 Å². The van der Waals surface area contributed by atoms with Gasteiger partial charge >= 0.3 is 0 Å². The van der Waals surface area contributed by atoms with E-state index >= 15 is 0 Å². The Kier molecular flexibility index (Phi) is 6.42. The minimum atomic E-state index is 0.812. The molecule has 0 fully saturated rings. The molecule has 0 N–H and O–H groups in total. The van der Waals surface area contributed by atoms with Gasteiger partial charge in [-0.3, -0.25) is 15.0 Å². The molecule has 5 aromatic heterocycles. The lowest BCUT2D eigenvalue weighted by Crippen LogP contribution is -1.94. The SMILES string of the molecule is c1ccc(-c2cc(-c3ccc4c(ccc5ccc(-c6c7ccccc7nc7c6ccc6cccnc67)cc54)c3)cc(-c3ccccn3)n2)nc1. The largest absolute Gasteiger partial charge is 0.255 e. The average molecular weight is 638 g/mol. The van der Waals surface area contributed by atoms with Crippen LogP contribution in [0.25, 0.3) is 99.3 Å². The second kappa shape index (κ2) is 11.4. The highest BCUT2D eigenvalue weighted by molar-refractivity contribution is 6.17. The lowest BCUT2D eigenvalue weighted by molar-refractivity contribution is 1.22.